The number of carbonyl (C=O) groups excluding carboxylic acids is 2. The molecule has 1 aliphatic heterocycles. The third kappa shape index (κ3) is 1.67. The van der Waals surface area contributed by atoms with Crippen LogP contribution in [0.2, 0.25) is 0 Å². The number of rotatable bonds is 0. The lowest BCUT2D eigenvalue weighted by molar-refractivity contribution is -0.134. The number of fused-ring (bicyclic) bond motifs is 3. The molecule has 18 heavy (non-hydrogen) atoms. The van der Waals surface area contributed by atoms with Crippen LogP contribution in [0.5, 0.6) is 0 Å². The van der Waals surface area contributed by atoms with Gasteiger partial charge >= 0.3 is 0 Å². The zero-order valence-corrected chi connectivity index (χ0v) is 10.3. The first kappa shape index (κ1) is 11.2. The Kier molecular flexibility index (Phi) is 2.54. The van der Waals surface area contributed by atoms with E-state index >= 15 is 0 Å². The minimum atomic E-state index is -0.0154. The maximum atomic E-state index is 11.8. The molecule has 1 aliphatic carbocycles. The Morgan fingerprint density at radius 2 is 2.11 bits per heavy atom. The molecule has 0 radical (unpaired) electrons. The monoisotopic (exact) mass is 241 g/mol. The van der Waals surface area contributed by atoms with Gasteiger partial charge in [-0.2, -0.15) is 0 Å². The van der Waals surface area contributed by atoms with E-state index in [1.807, 2.05) is 18.2 Å². The second-order valence-electron chi connectivity index (χ2n) is 4.92. The molecule has 0 saturated carbocycles. The molecule has 1 atom stereocenters. The number of nitrogens with zero attached hydrogens (tertiary/aromatic N) is 1. The van der Waals surface area contributed by atoms with Gasteiger partial charge in [0.15, 0.2) is 5.78 Å². The summed E-state index contributed by atoms with van der Waals surface area (Å²) in [5.74, 6) is 0.00600. The zero-order valence-electron chi connectivity index (χ0n) is 10.3. The first-order valence-electron chi connectivity index (χ1n) is 6.27. The minimum absolute atomic E-state index is 0.0154. The summed E-state index contributed by atoms with van der Waals surface area (Å²) in [4.78, 5) is 25.1. The van der Waals surface area contributed by atoms with Gasteiger partial charge in [0.05, 0.1) is 12.6 Å². The van der Waals surface area contributed by atoms with E-state index in [1.54, 1.807) is 11.0 Å². The van der Waals surface area contributed by atoms with Crippen molar-refractivity contribution < 1.29 is 9.59 Å². The molecular formula is C15H15NO2. The van der Waals surface area contributed by atoms with Gasteiger partial charge in [0, 0.05) is 6.92 Å². The Morgan fingerprint density at radius 1 is 1.33 bits per heavy atom. The molecule has 1 unspecified atom stereocenters. The largest absolute Gasteiger partial charge is 0.328 e. The van der Waals surface area contributed by atoms with Crippen LogP contribution in [-0.2, 0) is 16.0 Å². The lowest BCUT2D eigenvalue weighted by atomic mass is 9.81. The summed E-state index contributed by atoms with van der Waals surface area (Å²) in [6, 6.07) is 8.23. The molecule has 1 aromatic carbocycles. The van der Waals surface area contributed by atoms with Gasteiger partial charge in [0.2, 0.25) is 5.91 Å². The SMILES string of the molecule is CC(=O)N1CC(=O)C=C2c3ccccc3CCC21. The molecule has 0 aromatic heterocycles. The maximum Gasteiger partial charge on any atom is 0.220 e. The van der Waals surface area contributed by atoms with Crippen molar-refractivity contribution in [2.24, 2.45) is 0 Å². The van der Waals surface area contributed by atoms with Crippen molar-refractivity contribution in [2.45, 2.75) is 25.8 Å². The molecular weight excluding hydrogens is 226 g/mol. The van der Waals surface area contributed by atoms with Crippen molar-refractivity contribution in [3.63, 3.8) is 0 Å². The molecule has 0 fully saturated rings. The molecule has 1 amide bonds. The van der Waals surface area contributed by atoms with Crippen LogP contribution in [0.1, 0.15) is 24.5 Å². The van der Waals surface area contributed by atoms with Gasteiger partial charge in [0.25, 0.3) is 0 Å². The Labute approximate surface area is 106 Å². The van der Waals surface area contributed by atoms with E-state index in [1.165, 1.54) is 12.5 Å². The number of hydrogen-bond acceptors (Lipinski definition) is 2. The van der Waals surface area contributed by atoms with Crippen molar-refractivity contribution in [3.05, 3.63) is 41.5 Å². The summed E-state index contributed by atoms with van der Waals surface area (Å²) < 4.78 is 0. The van der Waals surface area contributed by atoms with E-state index in [9.17, 15) is 9.59 Å². The van der Waals surface area contributed by atoms with E-state index in [0.717, 1.165) is 24.0 Å². The molecule has 3 rings (SSSR count). The highest BCUT2D eigenvalue weighted by atomic mass is 16.2. The van der Waals surface area contributed by atoms with Crippen molar-refractivity contribution in [1.82, 2.24) is 4.90 Å². The quantitative estimate of drug-likeness (QED) is 0.694. The molecule has 1 heterocycles. The second-order valence-corrected chi connectivity index (χ2v) is 4.92. The summed E-state index contributed by atoms with van der Waals surface area (Å²) in [6.07, 6.45) is 3.61. The van der Waals surface area contributed by atoms with Crippen molar-refractivity contribution >= 4 is 17.3 Å². The average molecular weight is 241 g/mol. The fraction of sp³-hybridized carbons (Fsp3) is 0.333. The number of ketones is 1. The summed E-state index contributed by atoms with van der Waals surface area (Å²) >= 11 is 0. The zero-order chi connectivity index (χ0) is 12.7. The predicted molar refractivity (Wildman–Crippen MR) is 68.9 cm³/mol. The summed E-state index contributed by atoms with van der Waals surface area (Å²) in [5, 5.41) is 0. The fourth-order valence-corrected chi connectivity index (χ4v) is 2.97. The third-order valence-corrected chi connectivity index (χ3v) is 3.80. The average Bonchev–Trinajstić information content (AvgIpc) is 2.37. The number of hydrogen-bond donors (Lipinski definition) is 0. The van der Waals surface area contributed by atoms with Crippen LogP contribution in [0.15, 0.2) is 30.3 Å². The van der Waals surface area contributed by atoms with E-state index in [-0.39, 0.29) is 24.3 Å². The van der Waals surface area contributed by atoms with Gasteiger partial charge in [-0.25, -0.2) is 0 Å². The Morgan fingerprint density at radius 3 is 2.89 bits per heavy atom. The van der Waals surface area contributed by atoms with Gasteiger partial charge in [-0.05, 0) is 35.6 Å². The fourth-order valence-electron chi connectivity index (χ4n) is 2.97. The van der Waals surface area contributed by atoms with Gasteiger partial charge in [-0.15, -0.1) is 0 Å². The van der Waals surface area contributed by atoms with Crippen LogP contribution in [0.4, 0.5) is 0 Å². The number of benzene rings is 1. The van der Waals surface area contributed by atoms with E-state index in [2.05, 4.69) is 6.07 Å². The summed E-state index contributed by atoms with van der Waals surface area (Å²) in [5.41, 5.74) is 3.43. The lowest BCUT2D eigenvalue weighted by Crippen LogP contribution is -2.47. The summed E-state index contributed by atoms with van der Waals surface area (Å²) in [6.45, 7) is 1.77. The Bertz CT molecular complexity index is 559. The van der Waals surface area contributed by atoms with Crippen LogP contribution < -0.4 is 0 Å². The second kappa shape index (κ2) is 4.09. The highest BCUT2D eigenvalue weighted by Gasteiger charge is 2.34. The van der Waals surface area contributed by atoms with E-state index in [0.29, 0.717) is 0 Å². The van der Waals surface area contributed by atoms with Crippen molar-refractivity contribution in [3.8, 4) is 0 Å². The predicted octanol–water partition coefficient (Wildman–Crippen LogP) is 1.82. The first-order chi connectivity index (χ1) is 8.66. The molecule has 0 saturated heterocycles. The lowest BCUT2D eigenvalue weighted by Gasteiger charge is -2.38. The van der Waals surface area contributed by atoms with Gasteiger partial charge in [-0.1, -0.05) is 24.3 Å². The highest BCUT2D eigenvalue weighted by Crippen LogP contribution is 2.35. The first-order valence-corrected chi connectivity index (χ1v) is 6.27. The topological polar surface area (TPSA) is 37.4 Å². The molecule has 0 bridgehead atoms. The van der Waals surface area contributed by atoms with Crippen LogP contribution in [0, 0.1) is 0 Å². The molecule has 1 aromatic rings. The molecule has 2 aliphatic rings. The highest BCUT2D eigenvalue weighted by molar-refractivity contribution is 6.03. The van der Waals surface area contributed by atoms with Crippen LogP contribution in [-0.4, -0.2) is 29.2 Å². The van der Waals surface area contributed by atoms with Crippen molar-refractivity contribution in [2.75, 3.05) is 6.54 Å². The minimum Gasteiger partial charge on any atom is -0.328 e. The van der Waals surface area contributed by atoms with E-state index < -0.39 is 0 Å². The normalized spacial score (nSPS) is 22.1. The number of amides is 1. The molecule has 0 spiro atoms. The maximum absolute atomic E-state index is 11.8. The van der Waals surface area contributed by atoms with Crippen molar-refractivity contribution in [1.29, 1.82) is 0 Å². The standard InChI is InChI=1S/C15H15NO2/c1-10(17)16-9-12(18)8-14-13-5-3-2-4-11(13)6-7-15(14)16/h2-5,8,15H,6-7,9H2,1H3. The molecule has 3 nitrogen and oxygen atoms in total. The molecule has 92 valence electrons. The van der Waals surface area contributed by atoms with Gasteiger partial charge < -0.3 is 4.90 Å². The molecule has 3 heteroatoms. The van der Waals surface area contributed by atoms with Crippen LogP contribution in [0.25, 0.3) is 5.57 Å². The van der Waals surface area contributed by atoms with Gasteiger partial charge in [0.1, 0.15) is 0 Å². The number of carbonyl (C=O) groups is 2. The van der Waals surface area contributed by atoms with Crippen LogP contribution in [0.3, 0.4) is 0 Å². The van der Waals surface area contributed by atoms with Gasteiger partial charge in [-0.3, -0.25) is 9.59 Å². The Hall–Kier alpha value is -1.90. The Balaban J connectivity index is 2.10. The smallest absolute Gasteiger partial charge is 0.220 e. The summed E-state index contributed by atoms with van der Waals surface area (Å²) in [7, 11) is 0. The van der Waals surface area contributed by atoms with E-state index in [4.69, 9.17) is 0 Å². The third-order valence-electron chi connectivity index (χ3n) is 3.80. The number of aryl methyl sites for hydroxylation is 1. The van der Waals surface area contributed by atoms with Crippen LogP contribution >= 0.6 is 0 Å². The molecule has 0 N–H and O–H groups in total.